The molecule has 1 nitrogen and oxygen atoms in total. The van der Waals surface area contributed by atoms with E-state index in [0.29, 0.717) is 0 Å². The molecule has 0 fully saturated rings. The molecule has 0 heterocycles. The van der Waals surface area contributed by atoms with Gasteiger partial charge in [-0.3, -0.25) is 0 Å². The summed E-state index contributed by atoms with van der Waals surface area (Å²) in [5, 5.41) is 0. The van der Waals surface area contributed by atoms with E-state index in [9.17, 15) is 0 Å². The molecule has 0 spiro atoms. The van der Waals surface area contributed by atoms with Crippen molar-refractivity contribution in [1.29, 1.82) is 0 Å². The van der Waals surface area contributed by atoms with Crippen LogP contribution < -0.4 is 3.26 Å². The van der Waals surface area contributed by atoms with Crippen molar-refractivity contribution in [1.82, 2.24) is 3.26 Å². The van der Waals surface area contributed by atoms with E-state index in [1.807, 2.05) is 0 Å². The molecule has 0 saturated heterocycles. The van der Waals surface area contributed by atoms with Gasteiger partial charge in [0, 0.05) is 0 Å². The van der Waals surface area contributed by atoms with Crippen molar-refractivity contribution in [3.8, 4) is 0 Å². The van der Waals surface area contributed by atoms with Crippen LogP contribution in [0.15, 0.2) is 0 Å². The molecule has 0 aromatic heterocycles. The monoisotopic (exact) mass is 194 g/mol. The van der Waals surface area contributed by atoms with Gasteiger partial charge in [-0.05, 0) is 0 Å². The molecule has 0 aliphatic heterocycles. The van der Waals surface area contributed by atoms with Gasteiger partial charge in [0.1, 0.15) is 0 Å². The normalized spacial score (nSPS) is 17.4. The van der Waals surface area contributed by atoms with Gasteiger partial charge in [0.15, 0.2) is 0 Å². The molecule has 0 atom stereocenters. The maximum atomic E-state index is 3.57. The van der Waals surface area contributed by atoms with Gasteiger partial charge >= 0.3 is 54.3 Å². The van der Waals surface area contributed by atoms with Crippen LogP contribution in [0, 0.1) is 0 Å². The summed E-state index contributed by atoms with van der Waals surface area (Å²) >= 11 is -2.12. The first-order valence-corrected chi connectivity index (χ1v) is 14.4. The number of rotatable bonds is 2. The maximum absolute atomic E-state index is 3.57. The standard InChI is InChI=1S/C2H6N.4CH3.Zr/c1-2-3;;;;;/h3H,2H2,1H3;4*1H3;/q-1;;;;;+1. The van der Waals surface area contributed by atoms with E-state index in [2.05, 4.69) is 28.7 Å². The topological polar surface area (TPSA) is 12.0 Å². The predicted octanol–water partition coefficient (Wildman–Crippen LogP) is 2.39. The third-order valence-electron chi connectivity index (χ3n) is 0.884. The molecule has 51 valence electrons. The van der Waals surface area contributed by atoms with Crippen molar-refractivity contribution in [2.75, 3.05) is 6.54 Å². The fourth-order valence-electron chi connectivity index (χ4n) is 0.707. The first kappa shape index (κ1) is 8.84. The van der Waals surface area contributed by atoms with Crippen LogP contribution in [0.5, 0.6) is 0 Å². The Morgan fingerprint density at radius 3 is 1.50 bits per heavy atom. The van der Waals surface area contributed by atoms with Crippen molar-refractivity contribution < 1.29 is 19.1 Å². The zero-order valence-electron chi connectivity index (χ0n) is 6.71. The second-order valence-electron chi connectivity index (χ2n) is 4.53. The molecule has 0 aromatic rings. The Morgan fingerprint density at radius 1 is 1.12 bits per heavy atom. The molecule has 0 radical (unpaired) electrons. The van der Waals surface area contributed by atoms with E-state index >= 15 is 0 Å². The summed E-state index contributed by atoms with van der Waals surface area (Å²) in [6, 6.07) is 0. The molecule has 0 bridgehead atoms. The second kappa shape index (κ2) is 2.23. The SMILES string of the molecule is CC[NH][Zr]([CH3])([CH3])([CH3])[CH3]. The van der Waals surface area contributed by atoms with Crippen molar-refractivity contribution in [2.45, 2.75) is 25.5 Å². The number of hydrogen-bond acceptors (Lipinski definition) is 1. The van der Waals surface area contributed by atoms with E-state index in [1.54, 1.807) is 0 Å². The Morgan fingerprint density at radius 2 is 1.50 bits per heavy atom. The molecule has 0 unspecified atom stereocenters. The average molecular weight is 195 g/mol. The van der Waals surface area contributed by atoms with E-state index in [4.69, 9.17) is 0 Å². The van der Waals surface area contributed by atoms with Gasteiger partial charge in [0.2, 0.25) is 0 Å². The molecule has 0 aromatic carbocycles. The van der Waals surface area contributed by atoms with Gasteiger partial charge < -0.3 is 0 Å². The minimum atomic E-state index is -2.12. The van der Waals surface area contributed by atoms with Crippen LogP contribution in [-0.4, -0.2) is 6.54 Å². The van der Waals surface area contributed by atoms with Crippen LogP contribution in [0.3, 0.4) is 0 Å². The molecule has 0 rings (SSSR count). The Balaban J connectivity index is 3.73. The number of hydrogen-bond donors (Lipinski definition) is 1. The van der Waals surface area contributed by atoms with Crippen molar-refractivity contribution >= 4 is 0 Å². The Kier molecular flexibility index (Phi) is 2.46. The molecule has 0 aliphatic rings. The average Bonchev–Trinajstić information content (AvgIpc) is 1.25. The third-order valence-corrected chi connectivity index (χ3v) is 5.23. The van der Waals surface area contributed by atoms with Crippen LogP contribution in [0.1, 0.15) is 6.92 Å². The molecule has 1 N–H and O–H groups in total. The van der Waals surface area contributed by atoms with E-state index in [-0.39, 0.29) is 0 Å². The molecule has 8 heavy (non-hydrogen) atoms. The zero-order chi connectivity index (χ0) is 6.86. The summed E-state index contributed by atoms with van der Waals surface area (Å²) in [6.45, 7) is 3.30. The summed E-state index contributed by atoms with van der Waals surface area (Å²) in [4.78, 5) is 0. The van der Waals surface area contributed by atoms with E-state index in [0.717, 1.165) is 6.54 Å². The molecular weight excluding hydrogens is 177 g/mol. The summed E-state index contributed by atoms with van der Waals surface area (Å²) in [5.74, 6) is 0. The van der Waals surface area contributed by atoms with Gasteiger partial charge in [-0.15, -0.1) is 0 Å². The molecular formula is C6H18NZr. The van der Waals surface area contributed by atoms with Gasteiger partial charge in [-0.1, -0.05) is 0 Å². The minimum absolute atomic E-state index is 1.13. The fourth-order valence-corrected chi connectivity index (χ4v) is 4.18. The van der Waals surface area contributed by atoms with Crippen molar-refractivity contribution in [3.05, 3.63) is 0 Å². The Bertz CT molecular complexity index is 71.0. The van der Waals surface area contributed by atoms with E-state index in [1.165, 1.54) is 0 Å². The van der Waals surface area contributed by atoms with Gasteiger partial charge in [0.05, 0.1) is 0 Å². The van der Waals surface area contributed by atoms with Gasteiger partial charge in [-0.2, -0.15) is 0 Å². The first-order chi connectivity index (χ1) is 3.31. The quantitative estimate of drug-likeness (QED) is 0.713. The summed E-state index contributed by atoms with van der Waals surface area (Å²) in [7, 11) is 0. The van der Waals surface area contributed by atoms with Crippen LogP contribution >= 0.6 is 0 Å². The first-order valence-electron chi connectivity index (χ1n) is 3.31. The fraction of sp³-hybridized carbons (Fsp3) is 1.00. The van der Waals surface area contributed by atoms with Crippen LogP contribution in [0.25, 0.3) is 0 Å². The predicted molar refractivity (Wildman–Crippen MR) is 37.1 cm³/mol. The van der Waals surface area contributed by atoms with Gasteiger partial charge in [-0.25, -0.2) is 0 Å². The van der Waals surface area contributed by atoms with Crippen LogP contribution in [-0.2, 0) is 19.1 Å². The van der Waals surface area contributed by atoms with Gasteiger partial charge in [0.25, 0.3) is 0 Å². The molecule has 0 amide bonds. The Hall–Kier alpha value is 0.843. The zero-order valence-corrected chi connectivity index (χ0v) is 9.17. The molecule has 0 saturated carbocycles. The summed E-state index contributed by atoms with van der Waals surface area (Å²) in [6.07, 6.45) is 0. The Labute approximate surface area is 54.4 Å². The molecule has 0 aliphatic carbocycles. The molecule has 2 heteroatoms. The van der Waals surface area contributed by atoms with Crippen LogP contribution in [0.4, 0.5) is 0 Å². The summed E-state index contributed by atoms with van der Waals surface area (Å²) in [5.41, 5.74) is 0. The third kappa shape index (κ3) is 6.84. The summed E-state index contributed by atoms with van der Waals surface area (Å²) < 4.78 is 13.1. The van der Waals surface area contributed by atoms with Crippen molar-refractivity contribution in [3.63, 3.8) is 0 Å². The van der Waals surface area contributed by atoms with Crippen molar-refractivity contribution in [2.24, 2.45) is 0 Å². The van der Waals surface area contributed by atoms with E-state index < -0.39 is 19.1 Å². The van der Waals surface area contributed by atoms with Crippen LogP contribution in [0.2, 0.25) is 18.5 Å². The second-order valence-corrected chi connectivity index (χ2v) is 25.1. The number of nitrogens with one attached hydrogen (secondary N) is 1.